The molecule has 1 atom stereocenters. The molecule has 0 aliphatic carbocycles. The third-order valence-electron chi connectivity index (χ3n) is 4.73. The number of pyridine rings is 1. The maximum absolute atomic E-state index is 6.27. The van der Waals surface area contributed by atoms with E-state index >= 15 is 0 Å². The predicted molar refractivity (Wildman–Crippen MR) is 129 cm³/mol. The molecule has 0 spiro atoms. The van der Waals surface area contributed by atoms with Gasteiger partial charge in [0.1, 0.15) is 5.82 Å². The van der Waals surface area contributed by atoms with Gasteiger partial charge in [0.15, 0.2) is 5.96 Å². The van der Waals surface area contributed by atoms with Crippen molar-refractivity contribution >= 4 is 53.0 Å². The Labute approximate surface area is 189 Å². The van der Waals surface area contributed by atoms with E-state index in [1.165, 1.54) is 5.69 Å². The van der Waals surface area contributed by atoms with Gasteiger partial charge in [-0.15, -0.1) is 24.0 Å². The van der Waals surface area contributed by atoms with E-state index in [9.17, 15) is 0 Å². The smallest absolute Gasteiger partial charge is 0.191 e. The van der Waals surface area contributed by atoms with Crippen molar-refractivity contribution in [3.8, 4) is 0 Å². The van der Waals surface area contributed by atoms with Crippen LogP contribution in [0.25, 0.3) is 0 Å². The van der Waals surface area contributed by atoms with Crippen LogP contribution in [0, 0.1) is 0 Å². The molecular weight excluding hydrogens is 487 g/mol. The molecule has 0 radical (unpaired) electrons. The number of rotatable bonds is 6. The van der Waals surface area contributed by atoms with Crippen LogP contribution in [-0.2, 0) is 0 Å². The molecule has 0 bridgehead atoms. The zero-order valence-electron chi connectivity index (χ0n) is 16.3. The van der Waals surface area contributed by atoms with E-state index in [0.717, 1.165) is 44.4 Å². The normalized spacial score (nSPS) is 16.5. The highest BCUT2D eigenvalue weighted by Crippen LogP contribution is 2.25. The van der Waals surface area contributed by atoms with E-state index in [-0.39, 0.29) is 24.0 Å². The molecule has 3 rings (SSSR count). The van der Waals surface area contributed by atoms with Crippen molar-refractivity contribution in [2.24, 2.45) is 4.99 Å². The van der Waals surface area contributed by atoms with Crippen LogP contribution in [0.2, 0.25) is 5.02 Å². The SMILES string of the molecule is CN=C(NCCN(C)c1ccccc1)NC1CCN(c2ncccc2Cl)C1.I. The number of guanidine groups is 1. The van der Waals surface area contributed by atoms with Crippen LogP contribution in [0.5, 0.6) is 0 Å². The number of nitrogens with one attached hydrogen (secondary N) is 2. The molecule has 1 fully saturated rings. The minimum Gasteiger partial charge on any atom is -0.373 e. The number of aromatic nitrogens is 1. The molecule has 0 amide bonds. The molecule has 8 heteroatoms. The Kier molecular flexibility index (Phi) is 9.11. The average molecular weight is 515 g/mol. The predicted octanol–water partition coefficient (Wildman–Crippen LogP) is 3.23. The molecule has 2 aromatic rings. The molecule has 1 unspecified atom stereocenters. The Morgan fingerprint density at radius 3 is 2.79 bits per heavy atom. The van der Waals surface area contributed by atoms with Crippen LogP contribution < -0.4 is 20.4 Å². The molecule has 2 N–H and O–H groups in total. The summed E-state index contributed by atoms with van der Waals surface area (Å²) >= 11 is 6.27. The fraction of sp³-hybridized carbons (Fsp3) is 0.400. The standard InChI is InChI=1S/C20H27ClN6.HI/c1-22-20(24-12-14-26(2)17-7-4-3-5-8-17)25-16-10-13-27(15-16)19-18(21)9-6-11-23-19;/h3-9,11,16H,10,12-15H2,1-2H3,(H2,22,24,25);1H. The second-order valence-corrected chi connectivity index (χ2v) is 7.05. The Morgan fingerprint density at radius 1 is 1.29 bits per heavy atom. The minimum absolute atomic E-state index is 0. The van der Waals surface area contributed by atoms with Crippen LogP contribution in [0.15, 0.2) is 53.7 Å². The third-order valence-corrected chi connectivity index (χ3v) is 5.02. The number of nitrogens with zero attached hydrogens (tertiary/aromatic N) is 4. The quantitative estimate of drug-likeness (QED) is 0.352. The van der Waals surface area contributed by atoms with Gasteiger partial charge in [-0.1, -0.05) is 29.8 Å². The number of likely N-dealkylation sites (N-methyl/N-ethyl adjacent to an activating group) is 1. The van der Waals surface area contributed by atoms with Crippen molar-refractivity contribution < 1.29 is 0 Å². The zero-order chi connectivity index (χ0) is 19.1. The van der Waals surface area contributed by atoms with E-state index in [2.05, 4.69) is 61.7 Å². The molecule has 1 aliphatic heterocycles. The van der Waals surface area contributed by atoms with E-state index in [1.54, 1.807) is 13.2 Å². The van der Waals surface area contributed by atoms with Crippen molar-refractivity contribution in [3.63, 3.8) is 0 Å². The Balaban J connectivity index is 0.00000280. The van der Waals surface area contributed by atoms with Gasteiger partial charge in [-0.05, 0) is 30.7 Å². The maximum Gasteiger partial charge on any atom is 0.191 e. The summed E-state index contributed by atoms with van der Waals surface area (Å²) in [6.45, 7) is 3.50. The summed E-state index contributed by atoms with van der Waals surface area (Å²) in [5, 5.41) is 7.60. The fourth-order valence-electron chi connectivity index (χ4n) is 3.22. The molecule has 1 aliphatic rings. The second-order valence-electron chi connectivity index (χ2n) is 6.64. The lowest BCUT2D eigenvalue weighted by atomic mass is 10.3. The number of aliphatic imine (C=N–C) groups is 1. The number of halogens is 2. The summed E-state index contributed by atoms with van der Waals surface area (Å²) < 4.78 is 0. The first kappa shape index (κ1) is 22.5. The maximum atomic E-state index is 6.27. The Hall–Kier alpha value is -1.74. The monoisotopic (exact) mass is 514 g/mol. The van der Waals surface area contributed by atoms with Gasteiger partial charge < -0.3 is 20.4 Å². The summed E-state index contributed by atoms with van der Waals surface area (Å²) in [4.78, 5) is 13.2. The molecular formula is C20H28ClIN6. The lowest BCUT2D eigenvalue weighted by Gasteiger charge is -2.22. The number of benzene rings is 1. The Bertz CT molecular complexity index is 757. The molecule has 28 heavy (non-hydrogen) atoms. The zero-order valence-corrected chi connectivity index (χ0v) is 19.4. The first-order valence-corrected chi connectivity index (χ1v) is 9.64. The second kappa shape index (κ2) is 11.3. The first-order valence-electron chi connectivity index (χ1n) is 9.26. The first-order chi connectivity index (χ1) is 13.2. The lowest BCUT2D eigenvalue weighted by Crippen LogP contribution is -2.46. The summed E-state index contributed by atoms with van der Waals surface area (Å²) in [6, 6.07) is 14.4. The van der Waals surface area contributed by atoms with E-state index in [1.807, 2.05) is 18.2 Å². The molecule has 152 valence electrons. The number of hydrogen-bond donors (Lipinski definition) is 2. The van der Waals surface area contributed by atoms with Gasteiger partial charge in [-0.3, -0.25) is 4.99 Å². The van der Waals surface area contributed by atoms with Crippen molar-refractivity contribution in [2.45, 2.75) is 12.5 Å². The molecule has 2 heterocycles. The van der Waals surface area contributed by atoms with Crippen molar-refractivity contribution in [3.05, 3.63) is 53.7 Å². The van der Waals surface area contributed by atoms with Gasteiger partial charge in [0, 0.05) is 58.2 Å². The van der Waals surface area contributed by atoms with Gasteiger partial charge in [0.2, 0.25) is 0 Å². The fourth-order valence-corrected chi connectivity index (χ4v) is 3.46. The van der Waals surface area contributed by atoms with E-state index < -0.39 is 0 Å². The summed E-state index contributed by atoms with van der Waals surface area (Å²) in [5.41, 5.74) is 1.21. The summed E-state index contributed by atoms with van der Waals surface area (Å²) in [6.07, 6.45) is 2.81. The average Bonchev–Trinajstić information content (AvgIpc) is 3.16. The Morgan fingerprint density at radius 2 is 2.07 bits per heavy atom. The topological polar surface area (TPSA) is 55.8 Å². The van der Waals surface area contributed by atoms with Crippen LogP contribution in [0.1, 0.15) is 6.42 Å². The minimum atomic E-state index is 0. The number of anilines is 2. The van der Waals surface area contributed by atoms with Gasteiger partial charge in [0.25, 0.3) is 0 Å². The lowest BCUT2D eigenvalue weighted by molar-refractivity contribution is 0.647. The van der Waals surface area contributed by atoms with Gasteiger partial charge >= 0.3 is 0 Å². The molecule has 1 aromatic heterocycles. The van der Waals surface area contributed by atoms with Gasteiger partial charge in [-0.25, -0.2) is 4.98 Å². The largest absolute Gasteiger partial charge is 0.373 e. The molecule has 0 saturated carbocycles. The van der Waals surface area contributed by atoms with Crippen LogP contribution >= 0.6 is 35.6 Å². The molecule has 1 aromatic carbocycles. The summed E-state index contributed by atoms with van der Waals surface area (Å²) in [7, 11) is 3.90. The molecule has 1 saturated heterocycles. The summed E-state index contributed by atoms with van der Waals surface area (Å²) in [5.74, 6) is 1.69. The van der Waals surface area contributed by atoms with Gasteiger partial charge in [-0.2, -0.15) is 0 Å². The highest BCUT2D eigenvalue weighted by molar-refractivity contribution is 14.0. The highest BCUT2D eigenvalue weighted by Gasteiger charge is 2.25. The van der Waals surface area contributed by atoms with Crippen LogP contribution in [0.3, 0.4) is 0 Å². The van der Waals surface area contributed by atoms with Crippen molar-refractivity contribution in [1.82, 2.24) is 15.6 Å². The highest BCUT2D eigenvalue weighted by atomic mass is 127. The number of hydrogen-bond acceptors (Lipinski definition) is 4. The van der Waals surface area contributed by atoms with Crippen molar-refractivity contribution in [1.29, 1.82) is 0 Å². The van der Waals surface area contributed by atoms with Gasteiger partial charge in [0.05, 0.1) is 5.02 Å². The van der Waals surface area contributed by atoms with Crippen LogP contribution in [-0.4, -0.2) is 57.3 Å². The van der Waals surface area contributed by atoms with Crippen LogP contribution in [0.4, 0.5) is 11.5 Å². The number of para-hydroxylation sites is 1. The van der Waals surface area contributed by atoms with E-state index in [0.29, 0.717) is 11.1 Å². The van der Waals surface area contributed by atoms with Crippen molar-refractivity contribution in [2.75, 3.05) is 50.1 Å². The van der Waals surface area contributed by atoms with E-state index in [4.69, 9.17) is 11.6 Å². The molecule has 6 nitrogen and oxygen atoms in total. The third kappa shape index (κ3) is 6.13.